The van der Waals surface area contributed by atoms with Crippen LogP contribution >= 0.6 is 0 Å². The third-order valence-corrected chi connectivity index (χ3v) is 3.99. The Labute approximate surface area is 141 Å². The van der Waals surface area contributed by atoms with E-state index in [4.69, 9.17) is 13.9 Å². The fourth-order valence-electron chi connectivity index (χ4n) is 2.71. The predicted octanol–water partition coefficient (Wildman–Crippen LogP) is -1.01. The first-order chi connectivity index (χ1) is 11.8. The van der Waals surface area contributed by atoms with Gasteiger partial charge in [0, 0.05) is 12.1 Å². The molecule has 0 bridgehead atoms. The number of phenolic OH excluding ortho intramolecular Hbond substituents is 1. The van der Waals surface area contributed by atoms with Crippen molar-refractivity contribution in [2.75, 3.05) is 6.61 Å². The maximum absolute atomic E-state index is 12.0. The van der Waals surface area contributed by atoms with E-state index >= 15 is 0 Å². The van der Waals surface area contributed by atoms with Crippen LogP contribution in [0.4, 0.5) is 0 Å². The molecule has 1 aliphatic heterocycles. The van der Waals surface area contributed by atoms with Crippen molar-refractivity contribution in [1.29, 1.82) is 0 Å². The summed E-state index contributed by atoms with van der Waals surface area (Å²) in [6.45, 7) is 0.950. The molecule has 0 aliphatic carbocycles. The van der Waals surface area contributed by atoms with Gasteiger partial charge in [-0.3, -0.25) is 4.79 Å². The molecule has 3 rings (SSSR count). The summed E-state index contributed by atoms with van der Waals surface area (Å²) in [5.74, 6) is -0.0646. The average Bonchev–Trinajstić information content (AvgIpc) is 2.56. The highest BCUT2D eigenvalue weighted by atomic mass is 16.7. The van der Waals surface area contributed by atoms with E-state index in [1.54, 1.807) is 6.92 Å². The van der Waals surface area contributed by atoms with Gasteiger partial charge >= 0.3 is 0 Å². The van der Waals surface area contributed by atoms with Gasteiger partial charge in [-0.25, -0.2) is 0 Å². The minimum Gasteiger partial charge on any atom is -0.508 e. The van der Waals surface area contributed by atoms with E-state index in [0.29, 0.717) is 5.76 Å². The second kappa shape index (κ2) is 6.62. The lowest BCUT2D eigenvalue weighted by Crippen LogP contribution is -2.60. The third kappa shape index (κ3) is 3.20. The predicted molar refractivity (Wildman–Crippen MR) is 83.3 cm³/mol. The molecule has 9 heteroatoms. The van der Waals surface area contributed by atoms with Crippen molar-refractivity contribution < 1.29 is 39.4 Å². The van der Waals surface area contributed by atoms with Crippen molar-refractivity contribution in [2.45, 2.75) is 37.6 Å². The maximum atomic E-state index is 12.0. The molecule has 25 heavy (non-hydrogen) atoms. The number of hydrogen-bond acceptors (Lipinski definition) is 9. The molecule has 1 saturated heterocycles. The highest BCUT2D eigenvalue weighted by molar-refractivity contribution is 5.84. The number of rotatable bonds is 3. The number of phenols is 1. The fraction of sp³-hybridized carbons (Fsp3) is 0.438. The first kappa shape index (κ1) is 17.6. The molecule has 136 valence electrons. The summed E-state index contributed by atoms with van der Waals surface area (Å²) in [5, 5.41) is 48.7. The van der Waals surface area contributed by atoms with Gasteiger partial charge in [-0.1, -0.05) is 0 Å². The minimum atomic E-state index is -1.63. The second-order valence-corrected chi connectivity index (χ2v) is 5.86. The second-order valence-electron chi connectivity index (χ2n) is 5.86. The van der Waals surface area contributed by atoms with Gasteiger partial charge in [-0.05, 0) is 13.0 Å². The Bertz CT molecular complexity index is 828. The number of aromatic hydroxyl groups is 1. The van der Waals surface area contributed by atoms with Crippen LogP contribution in [-0.4, -0.2) is 62.8 Å². The minimum absolute atomic E-state index is 0.0276. The van der Waals surface area contributed by atoms with Crippen LogP contribution in [0.15, 0.2) is 27.4 Å². The Balaban J connectivity index is 2.01. The van der Waals surface area contributed by atoms with Crippen LogP contribution in [0, 0.1) is 6.92 Å². The molecular weight excluding hydrogens is 336 g/mol. The van der Waals surface area contributed by atoms with Crippen molar-refractivity contribution >= 4 is 11.0 Å². The number of fused-ring (bicyclic) bond motifs is 1. The Hall–Kier alpha value is -2.17. The van der Waals surface area contributed by atoms with Gasteiger partial charge in [-0.15, -0.1) is 0 Å². The molecule has 1 aromatic heterocycles. The SMILES string of the molecule is Cc1cc(=O)c2cc(O)cc(O[C@@H]3O[C@H](CO)[C@@H](O)[C@H](O)[C@H]3O)c2o1. The van der Waals surface area contributed by atoms with Crippen LogP contribution in [0.1, 0.15) is 5.76 Å². The van der Waals surface area contributed by atoms with Gasteiger partial charge in [0.25, 0.3) is 0 Å². The van der Waals surface area contributed by atoms with Crippen LogP contribution in [0.25, 0.3) is 11.0 Å². The van der Waals surface area contributed by atoms with Crippen LogP contribution in [0.3, 0.4) is 0 Å². The van der Waals surface area contributed by atoms with E-state index in [9.17, 15) is 30.3 Å². The molecule has 5 atom stereocenters. The Morgan fingerprint density at radius 2 is 1.84 bits per heavy atom. The third-order valence-electron chi connectivity index (χ3n) is 3.99. The van der Waals surface area contributed by atoms with E-state index in [1.807, 2.05) is 0 Å². The number of hydrogen-bond donors (Lipinski definition) is 5. The van der Waals surface area contributed by atoms with E-state index in [-0.39, 0.29) is 22.5 Å². The molecular formula is C16H18O9. The van der Waals surface area contributed by atoms with Crippen LogP contribution in [-0.2, 0) is 4.74 Å². The molecule has 0 unspecified atom stereocenters. The monoisotopic (exact) mass is 354 g/mol. The molecule has 1 aliphatic rings. The van der Waals surface area contributed by atoms with Crippen molar-refractivity contribution in [1.82, 2.24) is 0 Å². The van der Waals surface area contributed by atoms with Gasteiger partial charge in [0.1, 0.15) is 35.9 Å². The van der Waals surface area contributed by atoms with Gasteiger partial charge < -0.3 is 39.4 Å². The van der Waals surface area contributed by atoms with Crippen molar-refractivity contribution in [3.05, 3.63) is 34.2 Å². The number of aliphatic hydroxyl groups excluding tert-OH is 4. The zero-order valence-electron chi connectivity index (χ0n) is 13.2. The van der Waals surface area contributed by atoms with E-state index in [1.165, 1.54) is 12.1 Å². The molecule has 0 spiro atoms. The van der Waals surface area contributed by atoms with Crippen molar-refractivity contribution in [3.8, 4) is 11.5 Å². The Kier molecular flexibility index (Phi) is 4.67. The van der Waals surface area contributed by atoms with Crippen molar-refractivity contribution in [2.24, 2.45) is 0 Å². The average molecular weight is 354 g/mol. The first-order valence-corrected chi connectivity index (χ1v) is 7.56. The molecule has 9 nitrogen and oxygen atoms in total. The van der Waals surface area contributed by atoms with Crippen molar-refractivity contribution in [3.63, 3.8) is 0 Å². The van der Waals surface area contributed by atoms with E-state index < -0.39 is 42.7 Å². The van der Waals surface area contributed by atoms with Gasteiger partial charge in [0.15, 0.2) is 16.8 Å². The normalized spacial score (nSPS) is 29.7. The molecule has 0 amide bonds. The quantitative estimate of drug-likeness (QED) is 0.467. The standard InChI is InChI=1S/C16H18O9/c1-6-2-9(19)8-3-7(18)4-10(15(8)23-6)24-16-14(22)13(21)12(20)11(5-17)25-16/h2-4,11-14,16-18,20-22H,5H2,1H3/t11-,12-,13+,14-,16-/m1/s1. The number of aryl methyl sites for hydroxylation is 1. The van der Waals surface area contributed by atoms with Gasteiger partial charge in [0.05, 0.1) is 12.0 Å². The lowest BCUT2D eigenvalue weighted by Gasteiger charge is -2.39. The summed E-state index contributed by atoms with van der Waals surface area (Å²) < 4.78 is 16.2. The fourth-order valence-corrected chi connectivity index (χ4v) is 2.71. The first-order valence-electron chi connectivity index (χ1n) is 7.56. The molecule has 2 aromatic rings. The smallest absolute Gasteiger partial charge is 0.229 e. The summed E-state index contributed by atoms with van der Waals surface area (Å²) in [7, 11) is 0. The van der Waals surface area contributed by atoms with Crippen LogP contribution < -0.4 is 10.2 Å². The topological polar surface area (TPSA) is 150 Å². The van der Waals surface area contributed by atoms with Crippen LogP contribution in [0.2, 0.25) is 0 Å². The van der Waals surface area contributed by atoms with E-state index in [2.05, 4.69) is 0 Å². The molecule has 1 aromatic carbocycles. The lowest BCUT2D eigenvalue weighted by atomic mass is 9.99. The highest BCUT2D eigenvalue weighted by Gasteiger charge is 2.45. The summed E-state index contributed by atoms with van der Waals surface area (Å²) in [6, 6.07) is 3.62. The van der Waals surface area contributed by atoms with Crippen LogP contribution in [0.5, 0.6) is 11.5 Å². The lowest BCUT2D eigenvalue weighted by molar-refractivity contribution is -0.277. The summed E-state index contributed by atoms with van der Waals surface area (Å²) >= 11 is 0. The highest BCUT2D eigenvalue weighted by Crippen LogP contribution is 2.32. The molecule has 0 radical (unpaired) electrons. The number of benzene rings is 1. The zero-order valence-corrected chi connectivity index (χ0v) is 13.2. The number of aliphatic hydroxyl groups is 4. The zero-order chi connectivity index (χ0) is 18.3. The molecule has 0 saturated carbocycles. The summed E-state index contributed by atoms with van der Waals surface area (Å²) in [6.07, 6.45) is -7.40. The molecule has 5 N–H and O–H groups in total. The molecule has 1 fully saturated rings. The van der Waals surface area contributed by atoms with Gasteiger partial charge in [0.2, 0.25) is 6.29 Å². The molecule has 2 heterocycles. The van der Waals surface area contributed by atoms with Gasteiger partial charge in [-0.2, -0.15) is 0 Å². The number of ether oxygens (including phenoxy) is 2. The maximum Gasteiger partial charge on any atom is 0.229 e. The Morgan fingerprint density at radius 3 is 2.52 bits per heavy atom. The Morgan fingerprint density at radius 1 is 1.12 bits per heavy atom. The summed E-state index contributed by atoms with van der Waals surface area (Å²) in [5.41, 5.74) is -0.368. The van der Waals surface area contributed by atoms with E-state index in [0.717, 1.165) is 6.07 Å². The summed E-state index contributed by atoms with van der Waals surface area (Å²) in [4.78, 5) is 12.0. The largest absolute Gasteiger partial charge is 0.508 e.